The summed E-state index contributed by atoms with van der Waals surface area (Å²) in [5.41, 5.74) is 0.536. The van der Waals surface area contributed by atoms with E-state index in [-0.39, 0.29) is 41.9 Å². The Bertz CT molecular complexity index is 636. The first-order valence-electron chi connectivity index (χ1n) is 7.14. The van der Waals surface area contributed by atoms with E-state index in [1.54, 1.807) is 6.08 Å². The fraction of sp³-hybridized carbons (Fsp3) is 0.600. The molecule has 6 heteroatoms. The number of hydrogen-bond acceptors (Lipinski definition) is 6. The van der Waals surface area contributed by atoms with Crippen molar-refractivity contribution in [1.82, 2.24) is 0 Å². The molecule has 0 spiro atoms. The first-order chi connectivity index (χ1) is 9.98. The largest absolute Gasteiger partial charge is 0.458 e. The van der Waals surface area contributed by atoms with Crippen molar-refractivity contribution in [2.24, 2.45) is 5.92 Å². The van der Waals surface area contributed by atoms with Gasteiger partial charge in [-0.05, 0) is 13.0 Å². The highest BCUT2D eigenvalue weighted by Crippen LogP contribution is 2.54. The van der Waals surface area contributed by atoms with Gasteiger partial charge in [0.1, 0.15) is 30.5 Å². The monoisotopic (exact) mass is 290 g/mol. The average Bonchev–Trinajstić information content (AvgIpc) is 3.25. The summed E-state index contributed by atoms with van der Waals surface area (Å²) in [5, 5.41) is 0. The lowest BCUT2D eigenvalue weighted by molar-refractivity contribution is -0.143. The second-order valence-corrected chi connectivity index (χ2v) is 6.56. The molecule has 3 saturated heterocycles. The van der Waals surface area contributed by atoms with Crippen molar-refractivity contribution < 1.29 is 28.5 Å². The smallest absolute Gasteiger partial charge is 0.337 e. The zero-order valence-corrected chi connectivity index (χ0v) is 11.4. The van der Waals surface area contributed by atoms with Crippen molar-refractivity contribution in [2.45, 2.75) is 49.5 Å². The minimum atomic E-state index is -0.500. The van der Waals surface area contributed by atoms with Gasteiger partial charge in [-0.2, -0.15) is 0 Å². The third-order valence-electron chi connectivity index (χ3n) is 5.18. The molecule has 0 aromatic heterocycles. The summed E-state index contributed by atoms with van der Waals surface area (Å²) in [4.78, 5) is 23.9. The Morgan fingerprint density at radius 3 is 2.90 bits per heavy atom. The molecule has 5 aliphatic rings. The summed E-state index contributed by atoms with van der Waals surface area (Å²) in [6.45, 7) is 5.80. The van der Waals surface area contributed by atoms with Gasteiger partial charge in [-0.15, -0.1) is 0 Å². The lowest BCUT2D eigenvalue weighted by Gasteiger charge is -2.23. The van der Waals surface area contributed by atoms with Gasteiger partial charge >= 0.3 is 11.9 Å². The maximum atomic E-state index is 12.0. The Morgan fingerprint density at radius 2 is 2.10 bits per heavy atom. The van der Waals surface area contributed by atoms with Gasteiger partial charge in [0.2, 0.25) is 0 Å². The predicted molar refractivity (Wildman–Crippen MR) is 67.0 cm³/mol. The molecule has 0 radical (unpaired) electrons. The Morgan fingerprint density at radius 1 is 1.29 bits per heavy atom. The molecule has 21 heavy (non-hydrogen) atoms. The quantitative estimate of drug-likeness (QED) is 0.362. The minimum Gasteiger partial charge on any atom is -0.458 e. The highest BCUT2D eigenvalue weighted by molar-refractivity contribution is 5.94. The predicted octanol–water partition coefficient (Wildman–Crippen LogP) is 0.265. The van der Waals surface area contributed by atoms with Crippen LogP contribution >= 0.6 is 0 Å². The van der Waals surface area contributed by atoms with Crippen LogP contribution in [0.2, 0.25) is 0 Å². The van der Waals surface area contributed by atoms with Crippen LogP contribution in [0.4, 0.5) is 0 Å². The number of ether oxygens (including phenoxy) is 4. The van der Waals surface area contributed by atoms with Crippen LogP contribution in [0.15, 0.2) is 23.8 Å². The van der Waals surface area contributed by atoms with Gasteiger partial charge in [0.05, 0.1) is 17.1 Å². The fourth-order valence-corrected chi connectivity index (χ4v) is 3.92. The Labute approximate surface area is 120 Å². The van der Waals surface area contributed by atoms with Crippen LogP contribution in [0.5, 0.6) is 0 Å². The zero-order chi connectivity index (χ0) is 14.5. The van der Waals surface area contributed by atoms with Gasteiger partial charge in [0.25, 0.3) is 0 Å². The van der Waals surface area contributed by atoms with Crippen LogP contribution in [-0.4, -0.2) is 48.1 Å². The van der Waals surface area contributed by atoms with Crippen LogP contribution in [-0.2, 0) is 28.5 Å². The molecular weight excluding hydrogens is 276 g/mol. The van der Waals surface area contributed by atoms with Crippen molar-refractivity contribution in [1.29, 1.82) is 0 Å². The lowest BCUT2D eigenvalue weighted by Crippen LogP contribution is -2.33. The molecule has 0 saturated carbocycles. The van der Waals surface area contributed by atoms with E-state index in [0.717, 1.165) is 0 Å². The Hall–Kier alpha value is -1.66. The topological polar surface area (TPSA) is 77.7 Å². The second-order valence-electron chi connectivity index (χ2n) is 6.56. The van der Waals surface area contributed by atoms with E-state index in [1.807, 2.05) is 6.92 Å². The first kappa shape index (κ1) is 11.9. The van der Waals surface area contributed by atoms with Crippen LogP contribution in [0.25, 0.3) is 0 Å². The summed E-state index contributed by atoms with van der Waals surface area (Å²) in [6.07, 6.45) is 1.08. The van der Waals surface area contributed by atoms with Crippen molar-refractivity contribution in [2.75, 3.05) is 0 Å². The number of epoxide rings is 2. The number of hydrogen-bond donors (Lipinski definition) is 0. The number of rotatable bonds is 0. The SMILES string of the molecule is C=C1C(=O)O[C@H]2C[C@@]3(C)O[C@@H]3[C@@H]3O[C@@H]3C3=C[C@@H](OC3=O)[C@@H]12. The summed E-state index contributed by atoms with van der Waals surface area (Å²) in [7, 11) is 0. The van der Waals surface area contributed by atoms with Gasteiger partial charge in [-0.25, -0.2) is 9.59 Å². The van der Waals surface area contributed by atoms with Crippen LogP contribution in [0, 0.1) is 5.92 Å². The van der Waals surface area contributed by atoms with E-state index in [9.17, 15) is 9.59 Å². The average molecular weight is 290 g/mol. The molecule has 1 aliphatic carbocycles. The molecule has 0 aromatic carbocycles. The Kier molecular flexibility index (Phi) is 1.93. The van der Waals surface area contributed by atoms with E-state index in [0.29, 0.717) is 17.6 Å². The van der Waals surface area contributed by atoms with Crippen LogP contribution in [0.3, 0.4) is 0 Å². The first-order valence-corrected chi connectivity index (χ1v) is 7.14. The van der Waals surface area contributed by atoms with Crippen molar-refractivity contribution in [3.63, 3.8) is 0 Å². The molecule has 4 aliphatic heterocycles. The third-order valence-corrected chi connectivity index (χ3v) is 5.18. The highest BCUT2D eigenvalue weighted by atomic mass is 16.7. The van der Waals surface area contributed by atoms with Crippen molar-refractivity contribution in [3.05, 3.63) is 23.8 Å². The molecule has 0 N–H and O–H groups in total. The van der Waals surface area contributed by atoms with Gasteiger partial charge < -0.3 is 18.9 Å². The van der Waals surface area contributed by atoms with E-state index in [4.69, 9.17) is 18.9 Å². The molecule has 2 bridgehead atoms. The maximum Gasteiger partial charge on any atom is 0.337 e. The number of esters is 2. The lowest BCUT2D eigenvalue weighted by atomic mass is 9.83. The zero-order valence-electron chi connectivity index (χ0n) is 11.4. The molecule has 5 rings (SSSR count). The van der Waals surface area contributed by atoms with Crippen LogP contribution < -0.4 is 0 Å². The summed E-state index contributed by atoms with van der Waals surface area (Å²) in [5.74, 6) is -1.12. The van der Waals surface area contributed by atoms with Crippen molar-refractivity contribution in [3.8, 4) is 0 Å². The van der Waals surface area contributed by atoms with Crippen LogP contribution in [0.1, 0.15) is 13.3 Å². The molecule has 4 heterocycles. The molecule has 3 fully saturated rings. The highest BCUT2D eigenvalue weighted by Gasteiger charge is 2.68. The number of fused-ring (bicyclic) bond motifs is 7. The fourth-order valence-electron chi connectivity index (χ4n) is 3.92. The molecule has 110 valence electrons. The molecule has 6 nitrogen and oxygen atoms in total. The van der Waals surface area contributed by atoms with E-state index < -0.39 is 12.1 Å². The van der Waals surface area contributed by atoms with E-state index >= 15 is 0 Å². The normalized spacial score (nSPS) is 53.0. The summed E-state index contributed by atoms with van der Waals surface area (Å²) >= 11 is 0. The summed E-state index contributed by atoms with van der Waals surface area (Å²) in [6, 6.07) is 0. The molecule has 0 unspecified atom stereocenters. The molecular formula is C15H14O6. The molecule has 7 atom stereocenters. The van der Waals surface area contributed by atoms with Gasteiger partial charge in [0.15, 0.2) is 0 Å². The minimum absolute atomic E-state index is 0.0541. The third kappa shape index (κ3) is 1.44. The summed E-state index contributed by atoms with van der Waals surface area (Å²) < 4.78 is 22.3. The van der Waals surface area contributed by atoms with Gasteiger partial charge in [-0.3, -0.25) is 0 Å². The van der Waals surface area contributed by atoms with Gasteiger partial charge in [-0.1, -0.05) is 6.58 Å². The van der Waals surface area contributed by atoms with Gasteiger partial charge in [0, 0.05) is 12.0 Å². The molecule has 0 aromatic rings. The second kappa shape index (κ2) is 3.39. The number of carbonyl (C=O) groups excluding carboxylic acids is 2. The van der Waals surface area contributed by atoms with E-state index in [2.05, 4.69) is 6.58 Å². The Balaban J connectivity index is 1.59. The molecule has 0 amide bonds. The maximum absolute atomic E-state index is 12.0. The van der Waals surface area contributed by atoms with Crippen molar-refractivity contribution >= 4 is 11.9 Å². The standard InChI is InChI=1S/C15H14O6/c1-5-9-7-3-6(14(17)18-7)10-11(20-10)12-15(2,21-12)4-8(9)19-13(5)16/h3,7-12H,1,4H2,2H3/t7-,8+,9-,10-,11-,12-,15-/m1/s1. The van der Waals surface area contributed by atoms with E-state index in [1.165, 1.54) is 0 Å². The number of carbonyl (C=O) groups is 2.